The maximum Gasteiger partial charge on any atom is 0.335 e. The van der Waals surface area contributed by atoms with Crippen molar-refractivity contribution in [3.8, 4) is 5.75 Å². The van der Waals surface area contributed by atoms with Crippen molar-refractivity contribution >= 4 is 17.6 Å². The molecule has 2 rings (SSSR count). The van der Waals surface area contributed by atoms with Gasteiger partial charge in [0.25, 0.3) is 5.91 Å². The predicted octanol–water partition coefficient (Wildman–Crippen LogP) is 3.10. The molecule has 1 atom stereocenters. The van der Waals surface area contributed by atoms with Crippen molar-refractivity contribution in [3.63, 3.8) is 0 Å². The normalized spacial score (nSPS) is 11.5. The molecule has 1 amide bonds. The van der Waals surface area contributed by atoms with Crippen LogP contribution >= 0.6 is 0 Å². The van der Waals surface area contributed by atoms with Gasteiger partial charge in [0.15, 0.2) is 6.10 Å². The number of ether oxygens (including phenoxy) is 1. The van der Waals surface area contributed by atoms with Crippen molar-refractivity contribution in [3.05, 3.63) is 59.7 Å². The first-order valence-corrected chi connectivity index (χ1v) is 6.84. The number of benzene rings is 2. The minimum absolute atomic E-state index is 0.169. The molecule has 5 nitrogen and oxygen atoms in total. The highest BCUT2D eigenvalue weighted by Crippen LogP contribution is 2.18. The number of nitrogens with one attached hydrogen (secondary N) is 1. The van der Waals surface area contributed by atoms with Gasteiger partial charge in [-0.3, -0.25) is 4.79 Å². The van der Waals surface area contributed by atoms with Crippen LogP contribution in [-0.2, 0) is 4.79 Å². The van der Waals surface area contributed by atoms with Gasteiger partial charge >= 0.3 is 5.97 Å². The summed E-state index contributed by atoms with van der Waals surface area (Å²) >= 11 is 0. The Morgan fingerprint density at radius 2 is 1.73 bits per heavy atom. The van der Waals surface area contributed by atoms with E-state index >= 15 is 0 Å². The van der Waals surface area contributed by atoms with Gasteiger partial charge < -0.3 is 15.2 Å². The van der Waals surface area contributed by atoms with Gasteiger partial charge in [0, 0.05) is 5.69 Å². The van der Waals surface area contributed by atoms with E-state index in [1.165, 1.54) is 12.1 Å². The molecular formula is C17H17NO4. The monoisotopic (exact) mass is 299 g/mol. The number of amides is 1. The first-order chi connectivity index (χ1) is 10.5. The topological polar surface area (TPSA) is 75.6 Å². The molecule has 0 spiro atoms. The highest BCUT2D eigenvalue weighted by Gasteiger charge is 2.15. The fourth-order valence-electron chi connectivity index (χ4n) is 1.87. The Bertz CT molecular complexity index is 679. The van der Waals surface area contributed by atoms with Gasteiger partial charge in [0.05, 0.1) is 5.56 Å². The summed E-state index contributed by atoms with van der Waals surface area (Å²) in [6, 6.07) is 13.4. The number of carboxylic acid groups (broad SMARTS) is 1. The molecule has 0 aromatic heterocycles. The van der Waals surface area contributed by atoms with E-state index in [0.29, 0.717) is 11.4 Å². The van der Waals surface area contributed by atoms with Crippen molar-refractivity contribution in [2.45, 2.75) is 20.0 Å². The first kappa shape index (κ1) is 15.6. The van der Waals surface area contributed by atoms with Gasteiger partial charge in [-0.05, 0) is 49.7 Å². The molecule has 0 saturated carbocycles. The second-order valence-electron chi connectivity index (χ2n) is 4.90. The van der Waals surface area contributed by atoms with E-state index in [4.69, 9.17) is 9.84 Å². The molecule has 0 aliphatic rings. The van der Waals surface area contributed by atoms with Crippen LogP contribution in [0.15, 0.2) is 48.5 Å². The van der Waals surface area contributed by atoms with E-state index in [0.717, 1.165) is 5.56 Å². The number of para-hydroxylation sites is 1. The number of hydrogen-bond donors (Lipinski definition) is 2. The number of carbonyl (C=O) groups is 2. The molecule has 0 aliphatic carbocycles. The molecule has 22 heavy (non-hydrogen) atoms. The molecule has 0 aliphatic heterocycles. The van der Waals surface area contributed by atoms with Crippen LogP contribution in [0.4, 0.5) is 5.69 Å². The van der Waals surface area contributed by atoms with E-state index in [9.17, 15) is 9.59 Å². The van der Waals surface area contributed by atoms with Gasteiger partial charge in [-0.15, -0.1) is 0 Å². The molecule has 2 aromatic carbocycles. The van der Waals surface area contributed by atoms with Crippen molar-refractivity contribution in [2.75, 3.05) is 5.32 Å². The second-order valence-corrected chi connectivity index (χ2v) is 4.90. The minimum atomic E-state index is -1.01. The fraction of sp³-hybridized carbons (Fsp3) is 0.176. The first-order valence-electron chi connectivity index (χ1n) is 6.84. The molecule has 5 heteroatoms. The molecule has 0 saturated heterocycles. The summed E-state index contributed by atoms with van der Waals surface area (Å²) < 4.78 is 5.63. The van der Waals surface area contributed by atoms with Crippen molar-refractivity contribution in [1.29, 1.82) is 0 Å². The zero-order chi connectivity index (χ0) is 16.1. The number of carboxylic acids is 1. The number of aryl methyl sites for hydroxylation is 1. The quantitative estimate of drug-likeness (QED) is 0.889. The Hall–Kier alpha value is -2.82. The number of rotatable bonds is 5. The third kappa shape index (κ3) is 3.85. The summed E-state index contributed by atoms with van der Waals surface area (Å²) in [5.41, 5.74) is 1.64. The summed E-state index contributed by atoms with van der Waals surface area (Å²) in [7, 11) is 0. The van der Waals surface area contributed by atoms with Crippen LogP contribution < -0.4 is 10.1 Å². The predicted molar refractivity (Wildman–Crippen MR) is 83.3 cm³/mol. The van der Waals surface area contributed by atoms with Crippen molar-refractivity contribution in [1.82, 2.24) is 0 Å². The Balaban J connectivity index is 1.99. The number of aromatic carboxylic acids is 1. The van der Waals surface area contributed by atoms with Crippen LogP contribution in [0.1, 0.15) is 22.8 Å². The summed E-state index contributed by atoms with van der Waals surface area (Å²) in [6.07, 6.45) is -0.666. The Kier molecular flexibility index (Phi) is 4.78. The minimum Gasteiger partial charge on any atom is -0.481 e. The maximum absolute atomic E-state index is 12.1. The Morgan fingerprint density at radius 3 is 2.32 bits per heavy atom. The lowest BCUT2D eigenvalue weighted by molar-refractivity contribution is -0.122. The average molecular weight is 299 g/mol. The molecule has 0 unspecified atom stereocenters. The number of hydrogen-bond acceptors (Lipinski definition) is 3. The molecular weight excluding hydrogens is 282 g/mol. The van der Waals surface area contributed by atoms with Gasteiger partial charge in [-0.2, -0.15) is 0 Å². The van der Waals surface area contributed by atoms with Crippen LogP contribution in [0, 0.1) is 6.92 Å². The third-order valence-corrected chi connectivity index (χ3v) is 3.17. The molecule has 114 valence electrons. The molecule has 2 aromatic rings. The lowest BCUT2D eigenvalue weighted by Gasteiger charge is -2.16. The zero-order valence-corrected chi connectivity index (χ0v) is 12.4. The molecule has 0 fully saturated rings. The van der Waals surface area contributed by atoms with E-state index in [1.54, 1.807) is 25.1 Å². The summed E-state index contributed by atoms with van der Waals surface area (Å²) in [5.74, 6) is -0.646. The van der Waals surface area contributed by atoms with Crippen LogP contribution in [-0.4, -0.2) is 23.1 Å². The lowest BCUT2D eigenvalue weighted by atomic mass is 10.2. The smallest absolute Gasteiger partial charge is 0.335 e. The lowest BCUT2D eigenvalue weighted by Crippen LogP contribution is -2.30. The summed E-state index contributed by atoms with van der Waals surface area (Å²) in [4.78, 5) is 22.9. The third-order valence-electron chi connectivity index (χ3n) is 3.17. The molecule has 2 N–H and O–H groups in total. The van der Waals surface area contributed by atoms with E-state index in [2.05, 4.69) is 5.32 Å². The Morgan fingerprint density at radius 1 is 1.09 bits per heavy atom. The van der Waals surface area contributed by atoms with Crippen LogP contribution in [0.25, 0.3) is 0 Å². The van der Waals surface area contributed by atoms with Crippen LogP contribution in [0.5, 0.6) is 5.75 Å². The number of anilines is 1. The second kappa shape index (κ2) is 6.76. The fourth-order valence-corrected chi connectivity index (χ4v) is 1.87. The average Bonchev–Trinajstić information content (AvgIpc) is 2.50. The largest absolute Gasteiger partial charge is 0.481 e. The van der Waals surface area contributed by atoms with Gasteiger partial charge in [-0.25, -0.2) is 4.79 Å². The van der Waals surface area contributed by atoms with E-state index in [-0.39, 0.29) is 11.5 Å². The zero-order valence-electron chi connectivity index (χ0n) is 12.4. The standard InChI is InChI=1S/C17H17NO4/c1-11-5-3-4-6-15(11)22-12(2)16(19)18-14-9-7-13(8-10-14)17(20)21/h3-10,12H,1-2H3,(H,18,19)(H,20,21)/t12-/m1/s1. The summed E-state index contributed by atoms with van der Waals surface area (Å²) in [5, 5.41) is 11.5. The maximum atomic E-state index is 12.1. The van der Waals surface area contributed by atoms with Crippen molar-refractivity contribution < 1.29 is 19.4 Å². The van der Waals surface area contributed by atoms with Gasteiger partial charge in [0.1, 0.15) is 5.75 Å². The highest BCUT2D eigenvalue weighted by molar-refractivity contribution is 5.95. The number of carbonyl (C=O) groups excluding carboxylic acids is 1. The van der Waals surface area contributed by atoms with Gasteiger partial charge in [-0.1, -0.05) is 18.2 Å². The van der Waals surface area contributed by atoms with Crippen LogP contribution in [0.3, 0.4) is 0 Å². The van der Waals surface area contributed by atoms with Crippen LogP contribution in [0.2, 0.25) is 0 Å². The highest BCUT2D eigenvalue weighted by atomic mass is 16.5. The van der Waals surface area contributed by atoms with E-state index < -0.39 is 12.1 Å². The SMILES string of the molecule is Cc1ccccc1O[C@H](C)C(=O)Nc1ccc(C(=O)O)cc1. The van der Waals surface area contributed by atoms with Gasteiger partial charge in [0.2, 0.25) is 0 Å². The molecule has 0 radical (unpaired) electrons. The summed E-state index contributed by atoms with van der Waals surface area (Å²) in [6.45, 7) is 3.57. The Labute approximate surface area is 128 Å². The molecule has 0 heterocycles. The van der Waals surface area contributed by atoms with E-state index in [1.807, 2.05) is 25.1 Å². The van der Waals surface area contributed by atoms with Crippen molar-refractivity contribution in [2.24, 2.45) is 0 Å². The molecule has 0 bridgehead atoms.